The van der Waals surface area contributed by atoms with Gasteiger partial charge in [-0.15, -0.1) is 0 Å². The van der Waals surface area contributed by atoms with Crippen LogP contribution in [0.2, 0.25) is 5.02 Å². The molecule has 0 aliphatic carbocycles. The third-order valence-electron chi connectivity index (χ3n) is 2.70. The van der Waals surface area contributed by atoms with Crippen LogP contribution in [0.15, 0.2) is 18.5 Å². The Balaban J connectivity index is 2.76. The number of amides is 1. The third-order valence-corrected chi connectivity index (χ3v) is 3.00. The number of hydrogen-bond donors (Lipinski definition) is 1. The van der Waals surface area contributed by atoms with Crippen LogP contribution in [0.3, 0.4) is 0 Å². The zero-order chi connectivity index (χ0) is 13.7. The van der Waals surface area contributed by atoms with Gasteiger partial charge in [-0.25, -0.2) is 0 Å². The SMILES string of the molecule is CC(C)C(CN(C)C)NC(=O)c1ccncc1Cl. The number of aromatic nitrogens is 1. The molecule has 0 fully saturated rings. The van der Waals surface area contributed by atoms with Gasteiger partial charge >= 0.3 is 0 Å². The van der Waals surface area contributed by atoms with Gasteiger partial charge in [0, 0.05) is 25.0 Å². The van der Waals surface area contributed by atoms with E-state index in [1.54, 1.807) is 12.3 Å². The number of carbonyl (C=O) groups excluding carboxylic acids is 1. The number of hydrogen-bond acceptors (Lipinski definition) is 3. The Morgan fingerprint density at radius 2 is 2.17 bits per heavy atom. The van der Waals surface area contributed by atoms with Crippen LogP contribution in [0.1, 0.15) is 24.2 Å². The van der Waals surface area contributed by atoms with Gasteiger partial charge in [-0.3, -0.25) is 9.78 Å². The molecule has 5 heteroatoms. The van der Waals surface area contributed by atoms with Gasteiger partial charge in [0.15, 0.2) is 0 Å². The van der Waals surface area contributed by atoms with Crippen LogP contribution >= 0.6 is 11.6 Å². The predicted molar refractivity (Wildman–Crippen MR) is 73.9 cm³/mol. The minimum absolute atomic E-state index is 0.0942. The van der Waals surface area contributed by atoms with Gasteiger partial charge in [-0.05, 0) is 26.1 Å². The number of nitrogens with zero attached hydrogens (tertiary/aromatic N) is 2. The molecule has 1 aromatic heterocycles. The van der Waals surface area contributed by atoms with Gasteiger partial charge in [0.25, 0.3) is 5.91 Å². The van der Waals surface area contributed by atoms with Gasteiger partial charge < -0.3 is 10.2 Å². The van der Waals surface area contributed by atoms with Crippen molar-refractivity contribution in [3.8, 4) is 0 Å². The number of halogens is 1. The first-order valence-corrected chi connectivity index (χ1v) is 6.34. The van der Waals surface area contributed by atoms with Crippen molar-refractivity contribution in [3.05, 3.63) is 29.0 Å². The van der Waals surface area contributed by atoms with Gasteiger partial charge in [-0.1, -0.05) is 25.4 Å². The standard InChI is InChI=1S/C13H20ClN3O/c1-9(2)12(8-17(3)4)16-13(18)10-5-6-15-7-11(10)14/h5-7,9,12H,8H2,1-4H3,(H,16,18). The fourth-order valence-electron chi connectivity index (χ4n) is 1.62. The van der Waals surface area contributed by atoms with Crippen molar-refractivity contribution in [1.82, 2.24) is 15.2 Å². The van der Waals surface area contributed by atoms with Crippen LogP contribution in [-0.2, 0) is 0 Å². The number of rotatable bonds is 5. The molecule has 0 radical (unpaired) electrons. The summed E-state index contributed by atoms with van der Waals surface area (Å²) in [6.07, 6.45) is 3.05. The molecule has 0 spiro atoms. The van der Waals surface area contributed by atoms with Crippen molar-refractivity contribution in [2.75, 3.05) is 20.6 Å². The second-order valence-electron chi connectivity index (χ2n) is 4.94. The molecule has 0 aliphatic heterocycles. The molecule has 18 heavy (non-hydrogen) atoms. The number of carbonyl (C=O) groups is 1. The molecule has 1 aromatic rings. The van der Waals surface area contributed by atoms with Crippen LogP contribution in [0.4, 0.5) is 0 Å². The summed E-state index contributed by atoms with van der Waals surface area (Å²) in [5.74, 6) is 0.208. The highest BCUT2D eigenvalue weighted by Crippen LogP contribution is 2.14. The molecule has 1 amide bonds. The quantitative estimate of drug-likeness (QED) is 0.890. The topological polar surface area (TPSA) is 45.2 Å². The highest BCUT2D eigenvalue weighted by Gasteiger charge is 2.19. The molecular formula is C13H20ClN3O. The van der Waals surface area contributed by atoms with Crippen LogP contribution in [0, 0.1) is 5.92 Å². The lowest BCUT2D eigenvalue weighted by Crippen LogP contribution is -2.45. The zero-order valence-electron chi connectivity index (χ0n) is 11.3. The second kappa shape index (κ2) is 6.71. The normalized spacial score (nSPS) is 12.8. The van der Waals surface area contributed by atoms with Crippen molar-refractivity contribution in [3.63, 3.8) is 0 Å². The molecule has 100 valence electrons. The largest absolute Gasteiger partial charge is 0.348 e. The van der Waals surface area contributed by atoms with Crippen LogP contribution in [-0.4, -0.2) is 42.5 Å². The molecule has 1 atom stereocenters. The molecule has 0 saturated heterocycles. The first kappa shape index (κ1) is 14.9. The number of nitrogens with one attached hydrogen (secondary N) is 1. The maximum Gasteiger partial charge on any atom is 0.253 e. The smallest absolute Gasteiger partial charge is 0.253 e. The molecule has 1 heterocycles. The van der Waals surface area contributed by atoms with Gasteiger partial charge in [0.1, 0.15) is 0 Å². The summed E-state index contributed by atoms with van der Waals surface area (Å²) in [4.78, 5) is 18.0. The van der Waals surface area contributed by atoms with E-state index < -0.39 is 0 Å². The molecule has 0 aliphatic rings. The Morgan fingerprint density at radius 1 is 1.50 bits per heavy atom. The van der Waals surface area contributed by atoms with E-state index in [0.29, 0.717) is 16.5 Å². The van der Waals surface area contributed by atoms with Gasteiger partial charge in [0.05, 0.1) is 10.6 Å². The van der Waals surface area contributed by atoms with E-state index in [1.807, 2.05) is 14.1 Å². The monoisotopic (exact) mass is 269 g/mol. The summed E-state index contributed by atoms with van der Waals surface area (Å²) in [6, 6.07) is 1.72. The van der Waals surface area contributed by atoms with E-state index in [9.17, 15) is 4.79 Å². The van der Waals surface area contributed by atoms with Crippen LogP contribution < -0.4 is 5.32 Å². The minimum atomic E-state index is -0.150. The second-order valence-corrected chi connectivity index (χ2v) is 5.35. The lowest BCUT2D eigenvalue weighted by Gasteiger charge is -2.25. The summed E-state index contributed by atoms with van der Waals surface area (Å²) in [5.41, 5.74) is 0.469. The van der Waals surface area contributed by atoms with Gasteiger partial charge in [0.2, 0.25) is 0 Å². The average molecular weight is 270 g/mol. The van der Waals surface area contributed by atoms with Crippen LogP contribution in [0.5, 0.6) is 0 Å². The third kappa shape index (κ3) is 4.27. The summed E-state index contributed by atoms with van der Waals surface area (Å²) >= 11 is 5.95. The fourth-order valence-corrected chi connectivity index (χ4v) is 1.83. The van der Waals surface area contributed by atoms with Crippen molar-refractivity contribution in [1.29, 1.82) is 0 Å². The molecule has 1 unspecified atom stereocenters. The highest BCUT2D eigenvalue weighted by atomic mass is 35.5. The van der Waals surface area contributed by atoms with Crippen molar-refractivity contribution < 1.29 is 4.79 Å². The molecule has 0 bridgehead atoms. The summed E-state index contributed by atoms with van der Waals surface area (Å²) in [5, 5.41) is 3.39. The zero-order valence-corrected chi connectivity index (χ0v) is 12.0. The Kier molecular flexibility index (Phi) is 5.56. The molecule has 4 nitrogen and oxygen atoms in total. The maximum absolute atomic E-state index is 12.1. The Labute approximate surface area is 113 Å². The summed E-state index contributed by atoms with van der Waals surface area (Å²) in [7, 11) is 3.97. The first-order valence-electron chi connectivity index (χ1n) is 5.97. The Morgan fingerprint density at radius 3 is 2.67 bits per heavy atom. The number of likely N-dealkylation sites (N-methyl/N-ethyl adjacent to an activating group) is 1. The van der Waals surface area contributed by atoms with Crippen molar-refractivity contribution >= 4 is 17.5 Å². The molecule has 0 saturated carbocycles. The van der Waals surface area contributed by atoms with E-state index in [0.717, 1.165) is 6.54 Å². The van der Waals surface area contributed by atoms with E-state index in [1.165, 1.54) is 6.20 Å². The van der Waals surface area contributed by atoms with E-state index in [4.69, 9.17) is 11.6 Å². The maximum atomic E-state index is 12.1. The first-order chi connectivity index (χ1) is 8.41. The average Bonchev–Trinajstić information content (AvgIpc) is 2.27. The lowest BCUT2D eigenvalue weighted by atomic mass is 10.0. The highest BCUT2D eigenvalue weighted by molar-refractivity contribution is 6.33. The fraction of sp³-hybridized carbons (Fsp3) is 0.538. The van der Waals surface area contributed by atoms with E-state index in [-0.39, 0.29) is 11.9 Å². The van der Waals surface area contributed by atoms with E-state index >= 15 is 0 Å². The lowest BCUT2D eigenvalue weighted by molar-refractivity contribution is 0.0916. The predicted octanol–water partition coefficient (Wildman–Crippen LogP) is 2.05. The van der Waals surface area contributed by atoms with Gasteiger partial charge in [-0.2, -0.15) is 0 Å². The Bertz CT molecular complexity index is 407. The van der Waals surface area contributed by atoms with Crippen LogP contribution in [0.25, 0.3) is 0 Å². The van der Waals surface area contributed by atoms with Crippen molar-refractivity contribution in [2.45, 2.75) is 19.9 Å². The molecule has 0 aromatic carbocycles. The molecular weight excluding hydrogens is 250 g/mol. The Hall–Kier alpha value is -1.13. The molecule has 1 rings (SSSR count). The minimum Gasteiger partial charge on any atom is -0.348 e. The van der Waals surface area contributed by atoms with E-state index in [2.05, 4.69) is 29.0 Å². The molecule has 1 N–H and O–H groups in total. The number of pyridine rings is 1. The summed E-state index contributed by atoms with van der Waals surface area (Å²) < 4.78 is 0. The summed E-state index contributed by atoms with van der Waals surface area (Å²) in [6.45, 7) is 4.97. The van der Waals surface area contributed by atoms with Crippen molar-refractivity contribution in [2.24, 2.45) is 5.92 Å².